The molecule has 2 aromatic rings. The van der Waals surface area contributed by atoms with E-state index in [1.165, 1.54) is 18.5 Å². The Bertz CT molecular complexity index is 887. The van der Waals surface area contributed by atoms with Gasteiger partial charge in [-0.05, 0) is 49.5 Å². The largest absolute Gasteiger partial charge is 0.448 e. The van der Waals surface area contributed by atoms with Crippen LogP contribution in [0.1, 0.15) is 47.5 Å². The lowest BCUT2D eigenvalue weighted by Crippen LogP contribution is -2.60. The van der Waals surface area contributed by atoms with Gasteiger partial charge in [0, 0.05) is 31.0 Å². The number of benzene rings is 1. The van der Waals surface area contributed by atoms with Crippen LogP contribution < -0.4 is 0 Å². The number of piperidine rings is 3. The Labute approximate surface area is 162 Å². The Morgan fingerprint density at radius 2 is 1.89 bits per heavy atom. The molecule has 148 valence electrons. The summed E-state index contributed by atoms with van der Waals surface area (Å²) in [5, 5.41) is 0. The lowest BCUT2D eigenvalue weighted by atomic mass is 9.75. The van der Waals surface area contributed by atoms with E-state index < -0.39 is 11.6 Å². The third-order valence-electron chi connectivity index (χ3n) is 6.73. The van der Waals surface area contributed by atoms with Crippen LogP contribution in [-0.4, -0.2) is 52.4 Å². The zero-order chi connectivity index (χ0) is 19.4. The minimum atomic E-state index is -0.572. The van der Waals surface area contributed by atoms with E-state index in [2.05, 4.69) is 9.88 Å². The standard InChI is InChI=1S/C21H23F2N3O2/c1-2-17-18(24-11-28-17)21(27)26-10-16(13-7-14(22)9-15(23)8-13)20-19(26)12-3-5-25(20)6-4-12/h7-9,11-12,16,19-20H,2-6,10H2,1H3/t16-,19+,20+/m0/s1. The number of aryl methyl sites for hydroxylation is 1. The second kappa shape index (κ2) is 6.65. The van der Waals surface area contributed by atoms with E-state index in [0.717, 1.165) is 32.0 Å². The molecule has 4 aliphatic rings. The number of likely N-dealkylation sites (tertiary alicyclic amines) is 1. The molecular formula is C21H23F2N3O2. The summed E-state index contributed by atoms with van der Waals surface area (Å²) in [6.07, 6.45) is 4.01. The number of hydrogen-bond acceptors (Lipinski definition) is 4. The van der Waals surface area contributed by atoms with Crippen LogP contribution in [-0.2, 0) is 6.42 Å². The third kappa shape index (κ3) is 2.67. The van der Waals surface area contributed by atoms with Gasteiger partial charge in [0.2, 0.25) is 0 Å². The monoisotopic (exact) mass is 387 g/mol. The summed E-state index contributed by atoms with van der Waals surface area (Å²) in [6.45, 7) is 4.33. The van der Waals surface area contributed by atoms with Crippen LogP contribution in [0, 0.1) is 17.6 Å². The molecule has 4 aliphatic heterocycles. The van der Waals surface area contributed by atoms with Gasteiger partial charge in [-0.3, -0.25) is 9.69 Å². The molecule has 0 spiro atoms. The molecule has 4 saturated heterocycles. The van der Waals surface area contributed by atoms with Crippen LogP contribution >= 0.6 is 0 Å². The van der Waals surface area contributed by atoms with Crippen molar-refractivity contribution in [3.63, 3.8) is 0 Å². The van der Waals surface area contributed by atoms with Gasteiger partial charge in [0.15, 0.2) is 12.1 Å². The van der Waals surface area contributed by atoms with Crippen molar-refractivity contribution in [1.29, 1.82) is 0 Å². The summed E-state index contributed by atoms with van der Waals surface area (Å²) in [4.78, 5) is 21.8. The summed E-state index contributed by atoms with van der Waals surface area (Å²) in [7, 11) is 0. The van der Waals surface area contributed by atoms with Crippen LogP contribution in [0.25, 0.3) is 0 Å². The number of oxazole rings is 1. The third-order valence-corrected chi connectivity index (χ3v) is 6.73. The fraction of sp³-hybridized carbons (Fsp3) is 0.524. The zero-order valence-corrected chi connectivity index (χ0v) is 15.8. The first kappa shape index (κ1) is 17.8. The molecule has 1 amide bonds. The van der Waals surface area contributed by atoms with Crippen molar-refractivity contribution < 1.29 is 18.0 Å². The number of aromatic nitrogens is 1. The molecule has 3 atom stereocenters. The van der Waals surface area contributed by atoms with E-state index in [-0.39, 0.29) is 23.9 Å². The van der Waals surface area contributed by atoms with Gasteiger partial charge >= 0.3 is 0 Å². The van der Waals surface area contributed by atoms with Crippen molar-refractivity contribution in [2.75, 3.05) is 19.6 Å². The zero-order valence-electron chi connectivity index (χ0n) is 15.8. The van der Waals surface area contributed by atoms with Crippen LogP contribution in [0.4, 0.5) is 8.78 Å². The quantitative estimate of drug-likeness (QED) is 0.812. The van der Waals surface area contributed by atoms with Gasteiger partial charge in [0.1, 0.15) is 17.4 Å². The molecule has 2 bridgehead atoms. The van der Waals surface area contributed by atoms with Gasteiger partial charge in [-0.15, -0.1) is 0 Å². The summed E-state index contributed by atoms with van der Waals surface area (Å²) in [5.41, 5.74) is 0.995. The van der Waals surface area contributed by atoms with Gasteiger partial charge < -0.3 is 9.32 Å². The van der Waals surface area contributed by atoms with Crippen molar-refractivity contribution in [1.82, 2.24) is 14.8 Å². The van der Waals surface area contributed by atoms with Gasteiger partial charge in [-0.1, -0.05) is 6.92 Å². The van der Waals surface area contributed by atoms with Crippen LogP contribution in [0.2, 0.25) is 0 Å². The molecule has 4 fully saturated rings. The van der Waals surface area contributed by atoms with E-state index in [0.29, 0.717) is 35.9 Å². The predicted molar refractivity (Wildman–Crippen MR) is 97.9 cm³/mol. The van der Waals surface area contributed by atoms with Gasteiger partial charge in [-0.25, -0.2) is 13.8 Å². The first-order valence-electron chi connectivity index (χ1n) is 10.00. The molecule has 5 heterocycles. The predicted octanol–water partition coefficient (Wildman–Crippen LogP) is 3.22. The maximum Gasteiger partial charge on any atom is 0.276 e. The number of halogens is 2. The summed E-state index contributed by atoms with van der Waals surface area (Å²) in [6, 6.07) is 3.86. The highest BCUT2D eigenvalue weighted by Crippen LogP contribution is 2.47. The van der Waals surface area contributed by atoms with E-state index in [1.54, 1.807) is 0 Å². The molecule has 0 saturated carbocycles. The smallest absolute Gasteiger partial charge is 0.276 e. The van der Waals surface area contributed by atoms with Crippen molar-refractivity contribution in [2.45, 2.75) is 44.2 Å². The Balaban J connectivity index is 1.55. The van der Waals surface area contributed by atoms with Gasteiger partial charge in [0.05, 0.1) is 6.04 Å². The molecule has 0 aliphatic carbocycles. The lowest BCUT2D eigenvalue weighted by Gasteiger charge is -2.51. The molecule has 5 nitrogen and oxygen atoms in total. The van der Waals surface area contributed by atoms with E-state index >= 15 is 0 Å². The molecule has 1 aromatic heterocycles. The number of carbonyl (C=O) groups excluding carboxylic acids is 1. The molecule has 0 radical (unpaired) electrons. The second-order valence-electron chi connectivity index (χ2n) is 8.10. The molecule has 0 N–H and O–H groups in total. The molecule has 1 aromatic carbocycles. The van der Waals surface area contributed by atoms with Crippen molar-refractivity contribution in [3.05, 3.63) is 53.2 Å². The first-order chi connectivity index (χ1) is 13.6. The molecule has 0 unspecified atom stereocenters. The fourth-order valence-corrected chi connectivity index (χ4v) is 5.57. The molecular weight excluding hydrogens is 364 g/mol. The average molecular weight is 387 g/mol. The Kier molecular flexibility index (Phi) is 4.23. The summed E-state index contributed by atoms with van der Waals surface area (Å²) in [5.74, 6) is -0.385. The van der Waals surface area contributed by atoms with Crippen LogP contribution in [0.15, 0.2) is 29.0 Å². The number of hydrogen-bond donors (Lipinski definition) is 0. The Hall–Kier alpha value is -2.28. The number of carbonyl (C=O) groups is 1. The van der Waals surface area contributed by atoms with Crippen LogP contribution in [0.5, 0.6) is 0 Å². The van der Waals surface area contributed by atoms with E-state index in [4.69, 9.17) is 4.42 Å². The minimum absolute atomic E-state index is 0.0488. The second-order valence-corrected chi connectivity index (χ2v) is 8.10. The van der Waals surface area contributed by atoms with E-state index in [1.807, 2.05) is 11.8 Å². The number of amides is 1. The Morgan fingerprint density at radius 3 is 2.57 bits per heavy atom. The van der Waals surface area contributed by atoms with Crippen molar-refractivity contribution in [3.8, 4) is 0 Å². The topological polar surface area (TPSA) is 49.6 Å². The maximum atomic E-state index is 13.9. The fourth-order valence-electron chi connectivity index (χ4n) is 5.57. The number of nitrogens with zero attached hydrogens (tertiary/aromatic N) is 3. The van der Waals surface area contributed by atoms with Gasteiger partial charge in [0.25, 0.3) is 5.91 Å². The SMILES string of the molecule is CCc1ocnc1C(=O)N1C[C@@H](c2cc(F)cc(F)c2)[C@@H]2[C@H]1C1CCN2CC1. The summed E-state index contributed by atoms with van der Waals surface area (Å²) >= 11 is 0. The molecule has 28 heavy (non-hydrogen) atoms. The highest BCUT2D eigenvalue weighted by molar-refractivity contribution is 5.94. The number of rotatable bonds is 3. The lowest BCUT2D eigenvalue weighted by molar-refractivity contribution is -0.00365. The Morgan fingerprint density at radius 1 is 1.18 bits per heavy atom. The van der Waals surface area contributed by atoms with Crippen LogP contribution in [0.3, 0.4) is 0 Å². The highest BCUT2D eigenvalue weighted by Gasteiger charge is 2.55. The minimum Gasteiger partial charge on any atom is -0.448 e. The van der Waals surface area contributed by atoms with Crippen molar-refractivity contribution >= 4 is 5.91 Å². The van der Waals surface area contributed by atoms with E-state index in [9.17, 15) is 13.6 Å². The normalized spacial score (nSPS) is 31.2. The first-order valence-corrected chi connectivity index (χ1v) is 10.00. The summed E-state index contributed by atoms with van der Waals surface area (Å²) < 4.78 is 33.2. The molecule has 6 rings (SSSR count). The maximum absolute atomic E-state index is 13.9. The van der Waals surface area contributed by atoms with Crippen molar-refractivity contribution in [2.24, 2.45) is 5.92 Å². The number of fused-ring (bicyclic) bond motifs is 2. The average Bonchev–Trinajstić information content (AvgIpc) is 3.33. The highest BCUT2D eigenvalue weighted by atomic mass is 19.1. The molecule has 7 heteroatoms. The van der Waals surface area contributed by atoms with Gasteiger partial charge in [-0.2, -0.15) is 0 Å².